The zero-order valence-corrected chi connectivity index (χ0v) is 10.1. The fraction of sp³-hybridized carbons (Fsp3) is 0.636. The van der Waals surface area contributed by atoms with Crippen molar-refractivity contribution < 1.29 is 9.90 Å². The van der Waals surface area contributed by atoms with Crippen molar-refractivity contribution in [1.82, 2.24) is 10.3 Å². The summed E-state index contributed by atoms with van der Waals surface area (Å²) in [5, 5.41) is 14.7. The van der Waals surface area contributed by atoms with E-state index in [-0.39, 0.29) is 11.4 Å². The first-order valence-corrected chi connectivity index (χ1v) is 6.39. The summed E-state index contributed by atoms with van der Waals surface area (Å²) in [5.74, 6) is -0.310. The highest BCUT2D eigenvalue weighted by Crippen LogP contribution is 2.39. The number of hydrogen-bond acceptors (Lipinski definition) is 4. The average Bonchev–Trinajstić information content (AvgIpc) is 2.88. The number of hydrogen-bond donors (Lipinski definition) is 2. The molecular weight excluding hydrogens is 224 g/mol. The molecule has 0 bridgehead atoms. The summed E-state index contributed by atoms with van der Waals surface area (Å²) in [4.78, 5) is 15.8. The molecule has 0 aromatic carbocycles. The molecule has 0 atom stereocenters. The van der Waals surface area contributed by atoms with E-state index < -0.39 is 6.61 Å². The van der Waals surface area contributed by atoms with Crippen LogP contribution in [0.3, 0.4) is 0 Å². The van der Waals surface area contributed by atoms with Gasteiger partial charge in [0, 0.05) is 11.1 Å². The Morgan fingerprint density at radius 2 is 2.31 bits per heavy atom. The molecule has 5 heteroatoms. The highest BCUT2D eigenvalue weighted by molar-refractivity contribution is 7.09. The number of amides is 1. The molecule has 2 rings (SSSR count). The Morgan fingerprint density at radius 3 is 2.81 bits per heavy atom. The van der Waals surface area contributed by atoms with Gasteiger partial charge in [0.2, 0.25) is 5.91 Å². The van der Waals surface area contributed by atoms with E-state index in [9.17, 15) is 4.79 Å². The maximum absolute atomic E-state index is 11.4. The van der Waals surface area contributed by atoms with Crippen LogP contribution in [0.15, 0.2) is 5.38 Å². The van der Waals surface area contributed by atoms with E-state index >= 15 is 0 Å². The van der Waals surface area contributed by atoms with Crippen molar-refractivity contribution in [2.24, 2.45) is 0 Å². The van der Waals surface area contributed by atoms with Crippen LogP contribution in [0.2, 0.25) is 0 Å². The van der Waals surface area contributed by atoms with Crippen molar-refractivity contribution >= 4 is 17.2 Å². The minimum absolute atomic E-state index is 0.310. The van der Waals surface area contributed by atoms with Gasteiger partial charge in [-0.15, -0.1) is 11.3 Å². The number of thiazole rings is 1. The molecule has 0 radical (unpaired) electrons. The number of carbonyl (C=O) groups is 1. The van der Waals surface area contributed by atoms with E-state index in [1.165, 1.54) is 0 Å². The molecule has 1 amide bonds. The van der Waals surface area contributed by atoms with Crippen LogP contribution >= 0.6 is 11.3 Å². The van der Waals surface area contributed by atoms with Gasteiger partial charge in [-0.1, -0.05) is 12.8 Å². The monoisotopic (exact) mass is 240 g/mol. The van der Waals surface area contributed by atoms with E-state index in [0.717, 1.165) is 36.4 Å². The molecular formula is C11H16N2O2S. The number of nitrogens with one attached hydrogen (secondary N) is 1. The summed E-state index contributed by atoms with van der Waals surface area (Å²) in [6.45, 7) is 1.50. The lowest BCUT2D eigenvalue weighted by Crippen LogP contribution is -2.45. The molecule has 4 nitrogen and oxygen atoms in total. The lowest BCUT2D eigenvalue weighted by Gasteiger charge is -2.27. The van der Waals surface area contributed by atoms with Crippen molar-refractivity contribution in [2.45, 2.75) is 38.1 Å². The van der Waals surface area contributed by atoms with Gasteiger partial charge in [0.15, 0.2) is 0 Å². The van der Waals surface area contributed by atoms with E-state index in [1.807, 2.05) is 12.3 Å². The van der Waals surface area contributed by atoms with Gasteiger partial charge >= 0.3 is 0 Å². The lowest BCUT2D eigenvalue weighted by molar-refractivity contribution is -0.125. The summed E-state index contributed by atoms with van der Waals surface area (Å²) in [7, 11) is 0. The van der Waals surface area contributed by atoms with E-state index in [1.54, 1.807) is 11.3 Å². The second-order valence-corrected chi connectivity index (χ2v) is 5.15. The molecule has 0 aliphatic heterocycles. The van der Waals surface area contributed by atoms with Crippen molar-refractivity contribution in [3.63, 3.8) is 0 Å². The van der Waals surface area contributed by atoms with E-state index in [2.05, 4.69) is 10.3 Å². The van der Waals surface area contributed by atoms with Gasteiger partial charge < -0.3 is 10.4 Å². The van der Waals surface area contributed by atoms with Crippen molar-refractivity contribution in [3.05, 3.63) is 16.1 Å². The van der Waals surface area contributed by atoms with Gasteiger partial charge in [-0.3, -0.25) is 4.79 Å². The smallest absolute Gasteiger partial charge is 0.246 e. The Morgan fingerprint density at radius 1 is 1.62 bits per heavy atom. The van der Waals surface area contributed by atoms with Gasteiger partial charge in [-0.25, -0.2) is 4.98 Å². The highest BCUT2D eigenvalue weighted by atomic mass is 32.1. The number of nitrogens with zero attached hydrogens (tertiary/aromatic N) is 1. The molecule has 0 saturated heterocycles. The predicted molar refractivity (Wildman–Crippen MR) is 62.2 cm³/mol. The first kappa shape index (κ1) is 11.5. The first-order chi connectivity index (χ1) is 7.66. The number of aromatic nitrogens is 1. The molecule has 16 heavy (non-hydrogen) atoms. The number of aliphatic hydroxyl groups excluding tert-OH is 1. The zero-order valence-electron chi connectivity index (χ0n) is 9.32. The summed E-state index contributed by atoms with van der Waals surface area (Å²) in [5.41, 5.74) is 0.670. The van der Waals surface area contributed by atoms with Crippen LogP contribution in [0.4, 0.5) is 0 Å². The Balaban J connectivity index is 2.25. The van der Waals surface area contributed by atoms with Crippen molar-refractivity contribution in [1.29, 1.82) is 0 Å². The SMILES string of the molecule is Cc1csc(C2(NC(=O)CO)CCCC2)n1. The number of aryl methyl sites for hydroxylation is 1. The van der Waals surface area contributed by atoms with Gasteiger partial charge in [0.25, 0.3) is 0 Å². The van der Waals surface area contributed by atoms with Gasteiger partial charge in [0.05, 0.1) is 5.54 Å². The van der Waals surface area contributed by atoms with Crippen LogP contribution in [0, 0.1) is 6.92 Å². The number of aliphatic hydroxyl groups is 1. The predicted octanol–water partition coefficient (Wildman–Crippen LogP) is 1.33. The molecule has 1 aromatic rings. The van der Waals surface area contributed by atoms with E-state index in [4.69, 9.17) is 5.11 Å². The molecule has 0 unspecified atom stereocenters. The van der Waals surface area contributed by atoms with Crippen molar-refractivity contribution in [2.75, 3.05) is 6.61 Å². The Hall–Kier alpha value is -0.940. The maximum atomic E-state index is 11.4. The second kappa shape index (κ2) is 4.51. The Bertz CT molecular complexity index is 383. The summed E-state index contributed by atoms with van der Waals surface area (Å²) in [6, 6.07) is 0. The molecule has 0 spiro atoms. The van der Waals surface area contributed by atoms with Gasteiger partial charge in [-0.05, 0) is 19.8 Å². The number of carbonyl (C=O) groups excluding carboxylic acids is 1. The highest BCUT2D eigenvalue weighted by Gasteiger charge is 2.39. The van der Waals surface area contributed by atoms with Crippen molar-refractivity contribution in [3.8, 4) is 0 Å². The molecule has 1 aliphatic carbocycles. The Kier molecular flexibility index (Phi) is 3.25. The van der Waals surface area contributed by atoms with Gasteiger partial charge in [0.1, 0.15) is 11.6 Å². The molecule has 2 N–H and O–H groups in total. The minimum atomic E-state index is -0.452. The fourth-order valence-electron chi connectivity index (χ4n) is 2.25. The number of rotatable bonds is 3. The first-order valence-electron chi connectivity index (χ1n) is 5.51. The van der Waals surface area contributed by atoms with Crippen LogP contribution in [-0.4, -0.2) is 22.6 Å². The Labute approximate surface area is 98.7 Å². The molecule has 1 heterocycles. The third-order valence-electron chi connectivity index (χ3n) is 3.01. The molecule has 1 fully saturated rings. The third-order valence-corrected chi connectivity index (χ3v) is 4.17. The quantitative estimate of drug-likeness (QED) is 0.838. The largest absolute Gasteiger partial charge is 0.387 e. The summed E-state index contributed by atoms with van der Waals surface area (Å²) < 4.78 is 0. The van der Waals surface area contributed by atoms with Crippen LogP contribution in [-0.2, 0) is 10.3 Å². The van der Waals surface area contributed by atoms with E-state index in [0.29, 0.717) is 0 Å². The summed E-state index contributed by atoms with van der Waals surface area (Å²) in [6.07, 6.45) is 4.05. The third kappa shape index (κ3) is 2.10. The second-order valence-electron chi connectivity index (χ2n) is 4.29. The fourth-order valence-corrected chi connectivity index (χ4v) is 3.26. The topological polar surface area (TPSA) is 62.2 Å². The van der Waals surface area contributed by atoms with Crippen LogP contribution in [0.25, 0.3) is 0 Å². The molecule has 1 saturated carbocycles. The lowest BCUT2D eigenvalue weighted by atomic mass is 9.98. The van der Waals surface area contributed by atoms with Crippen LogP contribution < -0.4 is 5.32 Å². The normalized spacial score (nSPS) is 18.6. The molecule has 1 aliphatic rings. The maximum Gasteiger partial charge on any atom is 0.246 e. The standard InChI is InChI=1S/C11H16N2O2S/c1-8-7-16-10(12-8)11(4-2-3-5-11)13-9(15)6-14/h7,14H,2-6H2,1H3,(H,13,15). The average molecular weight is 240 g/mol. The van der Waals surface area contributed by atoms with Crippen LogP contribution in [0.1, 0.15) is 36.4 Å². The summed E-state index contributed by atoms with van der Waals surface area (Å²) >= 11 is 1.59. The van der Waals surface area contributed by atoms with Crippen LogP contribution in [0.5, 0.6) is 0 Å². The molecule has 1 aromatic heterocycles. The zero-order chi connectivity index (χ0) is 11.6. The van der Waals surface area contributed by atoms with Gasteiger partial charge in [-0.2, -0.15) is 0 Å². The molecule has 88 valence electrons. The minimum Gasteiger partial charge on any atom is -0.387 e.